The first-order valence-electron chi connectivity index (χ1n) is 6.23. The molecule has 0 N–H and O–H groups in total. The van der Waals surface area contributed by atoms with Gasteiger partial charge in [0.1, 0.15) is 6.42 Å². The number of piperidine rings is 1. The molecule has 0 aliphatic carbocycles. The summed E-state index contributed by atoms with van der Waals surface area (Å²) < 4.78 is 24.1. The summed E-state index contributed by atoms with van der Waals surface area (Å²) >= 11 is 0. The van der Waals surface area contributed by atoms with Crippen LogP contribution < -0.4 is 0 Å². The number of nitriles is 1. The Morgan fingerprint density at radius 2 is 1.94 bits per heavy atom. The van der Waals surface area contributed by atoms with Crippen molar-refractivity contribution >= 4 is 15.7 Å². The molecule has 0 saturated carbocycles. The highest BCUT2D eigenvalue weighted by molar-refractivity contribution is 7.92. The third-order valence-electron chi connectivity index (χ3n) is 3.10. The number of carbonyl (C=O) groups excluding carboxylic acids is 1. The summed E-state index contributed by atoms with van der Waals surface area (Å²) in [5, 5.41) is 8.13. The molecule has 1 fully saturated rings. The number of likely N-dealkylation sites (tertiary alicyclic amines) is 1. The van der Waals surface area contributed by atoms with Crippen LogP contribution in [0.5, 0.6) is 0 Å². The predicted octanol–water partition coefficient (Wildman–Crippen LogP) is 0.962. The minimum absolute atomic E-state index is 0.122. The van der Waals surface area contributed by atoms with Crippen LogP contribution in [-0.4, -0.2) is 43.3 Å². The Morgan fingerprint density at radius 1 is 1.39 bits per heavy atom. The van der Waals surface area contributed by atoms with E-state index in [1.807, 2.05) is 19.9 Å². The standard InChI is InChI=1S/C12H20N2O3S/c1-10(2)9-18(16,17)11-4-7-14(8-5-11)12(15)3-6-13/h10-11H,3-5,7-9H2,1-2H3. The predicted molar refractivity (Wildman–Crippen MR) is 68.5 cm³/mol. The van der Waals surface area contributed by atoms with Crippen molar-refractivity contribution < 1.29 is 13.2 Å². The van der Waals surface area contributed by atoms with Crippen LogP contribution in [0.3, 0.4) is 0 Å². The van der Waals surface area contributed by atoms with Gasteiger partial charge in [-0.15, -0.1) is 0 Å². The van der Waals surface area contributed by atoms with Crippen molar-refractivity contribution in [2.75, 3.05) is 18.8 Å². The fourth-order valence-corrected chi connectivity index (χ4v) is 4.37. The molecule has 5 nitrogen and oxygen atoms in total. The second-order valence-electron chi connectivity index (χ2n) is 5.14. The molecule has 102 valence electrons. The van der Waals surface area contributed by atoms with E-state index in [9.17, 15) is 13.2 Å². The van der Waals surface area contributed by atoms with Crippen molar-refractivity contribution in [2.24, 2.45) is 5.92 Å². The smallest absolute Gasteiger partial charge is 0.236 e. The molecule has 1 saturated heterocycles. The Balaban J connectivity index is 2.54. The van der Waals surface area contributed by atoms with Crippen molar-refractivity contribution in [1.82, 2.24) is 4.90 Å². The lowest BCUT2D eigenvalue weighted by atomic mass is 10.1. The lowest BCUT2D eigenvalue weighted by Gasteiger charge is -2.31. The van der Waals surface area contributed by atoms with Gasteiger partial charge in [0.2, 0.25) is 5.91 Å². The number of sulfone groups is 1. The SMILES string of the molecule is CC(C)CS(=O)(=O)C1CCN(C(=O)CC#N)CC1. The van der Waals surface area contributed by atoms with E-state index >= 15 is 0 Å². The van der Waals surface area contributed by atoms with Gasteiger partial charge in [0.25, 0.3) is 0 Å². The van der Waals surface area contributed by atoms with Crippen LogP contribution in [0.2, 0.25) is 0 Å². The van der Waals surface area contributed by atoms with Crippen LogP contribution in [0, 0.1) is 17.2 Å². The lowest BCUT2D eigenvalue weighted by Crippen LogP contribution is -2.43. The van der Waals surface area contributed by atoms with E-state index in [1.54, 1.807) is 4.90 Å². The zero-order valence-corrected chi connectivity index (χ0v) is 11.7. The van der Waals surface area contributed by atoms with E-state index in [0.29, 0.717) is 25.9 Å². The van der Waals surface area contributed by atoms with Crippen LogP contribution in [0.4, 0.5) is 0 Å². The third-order valence-corrected chi connectivity index (χ3v) is 5.72. The van der Waals surface area contributed by atoms with Crippen molar-refractivity contribution in [1.29, 1.82) is 5.26 Å². The number of nitrogens with zero attached hydrogens (tertiary/aromatic N) is 2. The lowest BCUT2D eigenvalue weighted by molar-refractivity contribution is -0.130. The molecular weight excluding hydrogens is 252 g/mol. The van der Waals surface area contributed by atoms with Crippen LogP contribution in [0.1, 0.15) is 33.1 Å². The van der Waals surface area contributed by atoms with Crippen molar-refractivity contribution in [3.8, 4) is 6.07 Å². The Labute approximate surface area is 109 Å². The molecule has 0 radical (unpaired) electrons. The maximum atomic E-state index is 12.0. The van der Waals surface area contributed by atoms with Gasteiger partial charge in [-0.1, -0.05) is 13.8 Å². The molecule has 1 amide bonds. The zero-order valence-electron chi connectivity index (χ0n) is 10.9. The van der Waals surface area contributed by atoms with Crippen molar-refractivity contribution in [2.45, 2.75) is 38.4 Å². The number of carbonyl (C=O) groups is 1. The molecule has 6 heteroatoms. The van der Waals surface area contributed by atoms with Crippen LogP contribution in [-0.2, 0) is 14.6 Å². The van der Waals surface area contributed by atoms with E-state index in [2.05, 4.69) is 0 Å². The first-order chi connectivity index (χ1) is 8.36. The second kappa shape index (κ2) is 6.19. The normalized spacial score (nSPS) is 17.8. The molecular formula is C12H20N2O3S. The number of hydrogen-bond acceptors (Lipinski definition) is 4. The minimum Gasteiger partial charge on any atom is -0.342 e. The van der Waals surface area contributed by atoms with E-state index in [1.165, 1.54) is 0 Å². The van der Waals surface area contributed by atoms with Gasteiger partial charge in [0, 0.05) is 13.1 Å². The molecule has 1 rings (SSSR count). The van der Waals surface area contributed by atoms with Gasteiger partial charge in [-0.25, -0.2) is 8.42 Å². The molecule has 1 aliphatic rings. The summed E-state index contributed by atoms with van der Waals surface area (Å²) in [4.78, 5) is 13.1. The average Bonchev–Trinajstić information content (AvgIpc) is 2.28. The molecule has 0 bridgehead atoms. The van der Waals surface area contributed by atoms with Gasteiger partial charge in [-0.2, -0.15) is 5.26 Å². The molecule has 0 unspecified atom stereocenters. The van der Waals surface area contributed by atoms with Gasteiger partial charge >= 0.3 is 0 Å². The van der Waals surface area contributed by atoms with Gasteiger partial charge < -0.3 is 4.90 Å². The minimum atomic E-state index is -3.05. The Bertz CT molecular complexity index is 429. The Kier molecular flexibility index (Phi) is 5.15. The molecule has 0 aromatic carbocycles. The summed E-state index contributed by atoms with van der Waals surface area (Å²) in [5.41, 5.74) is 0. The largest absolute Gasteiger partial charge is 0.342 e. The topological polar surface area (TPSA) is 78.2 Å². The second-order valence-corrected chi connectivity index (χ2v) is 7.46. The fourth-order valence-electron chi connectivity index (χ4n) is 2.24. The Hall–Kier alpha value is -1.09. The number of hydrogen-bond donors (Lipinski definition) is 0. The highest BCUT2D eigenvalue weighted by Gasteiger charge is 2.31. The monoisotopic (exact) mass is 272 g/mol. The van der Waals surface area contributed by atoms with Crippen molar-refractivity contribution in [3.63, 3.8) is 0 Å². The average molecular weight is 272 g/mol. The summed E-state index contributed by atoms with van der Waals surface area (Å²) in [5.74, 6) is 0.148. The van der Waals surface area contributed by atoms with Gasteiger partial charge in [0.15, 0.2) is 9.84 Å². The zero-order chi connectivity index (χ0) is 13.8. The van der Waals surface area contributed by atoms with Crippen molar-refractivity contribution in [3.05, 3.63) is 0 Å². The first kappa shape index (κ1) is 15.0. The fraction of sp³-hybridized carbons (Fsp3) is 0.833. The summed E-state index contributed by atoms with van der Waals surface area (Å²) in [7, 11) is -3.05. The molecule has 0 spiro atoms. The van der Waals surface area contributed by atoms with E-state index in [-0.39, 0.29) is 29.2 Å². The van der Waals surface area contributed by atoms with Crippen LogP contribution in [0.25, 0.3) is 0 Å². The van der Waals surface area contributed by atoms with E-state index in [0.717, 1.165) is 0 Å². The molecule has 18 heavy (non-hydrogen) atoms. The van der Waals surface area contributed by atoms with Crippen LogP contribution >= 0.6 is 0 Å². The van der Waals surface area contributed by atoms with Gasteiger partial charge in [-0.3, -0.25) is 4.79 Å². The van der Waals surface area contributed by atoms with E-state index in [4.69, 9.17) is 5.26 Å². The quantitative estimate of drug-likeness (QED) is 0.763. The van der Waals surface area contributed by atoms with E-state index < -0.39 is 9.84 Å². The molecule has 1 aliphatic heterocycles. The Morgan fingerprint density at radius 3 is 2.39 bits per heavy atom. The summed E-state index contributed by atoms with van der Waals surface area (Å²) in [6.07, 6.45) is 0.863. The molecule has 1 heterocycles. The summed E-state index contributed by atoms with van der Waals surface area (Å²) in [6.45, 7) is 4.68. The van der Waals surface area contributed by atoms with Gasteiger partial charge in [0.05, 0.1) is 17.1 Å². The first-order valence-corrected chi connectivity index (χ1v) is 7.94. The molecule has 0 aromatic rings. The molecule has 0 atom stereocenters. The maximum Gasteiger partial charge on any atom is 0.236 e. The number of amides is 1. The van der Waals surface area contributed by atoms with Gasteiger partial charge in [-0.05, 0) is 18.8 Å². The highest BCUT2D eigenvalue weighted by Crippen LogP contribution is 2.20. The molecule has 0 aromatic heterocycles. The third kappa shape index (κ3) is 3.98. The summed E-state index contributed by atoms with van der Waals surface area (Å²) in [6, 6.07) is 1.82. The van der Waals surface area contributed by atoms with Crippen LogP contribution in [0.15, 0.2) is 0 Å². The highest BCUT2D eigenvalue weighted by atomic mass is 32.2. The number of rotatable bonds is 4. The maximum absolute atomic E-state index is 12.0.